The van der Waals surface area contributed by atoms with Gasteiger partial charge in [0.2, 0.25) is 5.91 Å². The van der Waals surface area contributed by atoms with Gasteiger partial charge >= 0.3 is 7.82 Å². The van der Waals surface area contributed by atoms with Gasteiger partial charge in [0.25, 0.3) is 0 Å². The minimum absolute atomic E-state index is 0.333. The number of phosphoric acid groups is 1. The van der Waals surface area contributed by atoms with Gasteiger partial charge in [-0.25, -0.2) is 4.57 Å². The number of carbonyl (C=O) groups is 1. The summed E-state index contributed by atoms with van der Waals surface area (Å²) in [6.07, 6.45) is 0.576. The maximum absolute atomic E-state index is 11.4. The molecule has 0 aliphatic heterocycles. The lowest BCUT2D eigenvalue weighted by Gasteiger charge is -2.10. The predicted octanol–water partition coefficient (Wildman–Crippen LogP) is 1.62. The van der Waals surface area contributed by atoms with Crippen LogP contribution in [0.25, 0.3) is 10.8 Å². The molecule has 23 heavy (non-hydrogen) atoms. The summed E-state index contributed by atoms with van der Waals surface area (Å²) >= 11 is 0. The van der Waals surface area contributed by atoms with Crippen LogP contribution in [0.15, 0.2) is 36.4 Å². The summed E-state index contributed by atoms with van der Waals surface area (Å²) < 4.78 is 19.9. The lowest BCUT2D eigenvalue weighted by atomic mass is 10.0. The van der Waals surface area contributed by atoms with Gasteiger partial charge in [-0.05, 0) is 34.9 Å². The number of ether oxygens (including phenoxy) is 1. The predicted molar refractivity (Wildman–Crippen MR) is 85.2 cm³/mol. The molecule has 0 aliphatic rings. The van der Waals surface area contributed by atoms with Crippen molar-refractivity contribution in [3.8, 4) is 5.75 Å². The molecule has 0 saturated heterocycles. The highest BCUT2D eigenvalue weighted by Gasteiger charge is 2.16. The molecule has 0 aromatic heterocycles. The summed E-state index contributed by atoms with van der Waals surface area (Å²) in [5.41, 5.74) is 1.04. The first kappa shape index (κ1) is 17.4. The molecule has 0 heterocycles. The van der Waals surface area contributed by atoms with Crippen LogP contribution in [0.2, 0.25) is 0 Å². The normalized spacial score (nSPS) is 11.4. The Labute approximate surface area is 133 Å². The number of rotatable bonds is 7. The summed E-state index contributed by atoms with van der Waals surface area (Å²) in [6.45, 7) is -0.340. The summed E-state index contributed by atoms with van der Waals surface area (Å²) in [4.78, 5) is 28.5. The number of hydrogen-bond acceptors (Lipinski definition) is 4. The third-order valence-corrected chi connectivity index (χ3v) is 3.73. The maximum Gasteiger partial charge on any atom is 0.470 e. The minimum Gasteiger partial charge on any atom is -0.497 e. The molecule has 7 nitrogen and oxygen atoms in total. The summed E-state index contributed by atoms with van der Waals surface area (Å²) in [5.74, 6) is 0.176. The largest absolute Gasteiger partial charge is 0.497 e. The summed E-state index contributed by atoms with van der Waals surface area (Å²) in [7, 11) is -3.02. The number of nitrogens with one attached hydrogen (secondary N) is 1. The molecule has 0 unspecified atom stereocenters. The zero-order chi connectivity index (χ0) is 16.9. The van der Waals surface area contributed by atoms with Crippen molar-refractivity contribution in [1.82, 2.24) is 5.32 Å². The molecular weight excluding hydrogens is 321 g/mol. The van der Waals surface area contributed by atoms with Crippen LogP contribution in [-0.4, -0.2) is 36.0 Å². The number of methoxy groups -OCH3 is 1. The van der Waals surface area contributed by atoms with Crippen molar-refractivity contribution in [1.29, 1.82) is 0 Å². The Kier molecular flexibility index (Phi) is 5.74. The molecule has 2 aromatic carbocycles. The Morgan fingerprint density at radius 3 is 2.74 bits per heavy atom. The molecule has 2 rings (SSSR count). The lowest BCUT2D eigenvalue weighted by molar-refractivity contribution is -0.123. The molecule has 2 aromatic rings. The Morgan fingerprint density at radius 2 is 2.04 bits per heavy atom. The molecule has 0 bridgehead atoms. The van der Waals surface area contributed by atoms with Crippen molar-refractivity contribution < 1.29 is 28.4 Å². The zero-order valence-electron chi connectivity index (χ0n) is 12.6. The first-order valence-corrected chi connectivity index (χ1v) is 8.44. The molecule has 3 N–H and O–H groups in total. The van der Waals surface area contributed by atoms with Gasteiger partial charge in [0.05, 0.1) is 7.11 Å². The van der Waals surface area contributed by atoms with Gasteiger partial charge in [0, 0.05) is 6.54 Å². The fraction of sp³-hybridized carbons (Fsp3) is 0.267. The van der Waals surface area contributed by atoms with Crippen LogP contribution >= 0.6 is 7.82 Å². The number of fused-ring (bicyclic) bond motifs is 1. The number of amides is 1. The zero-order valence-corrected chi connectivity index (χ0v) is 13.5. The average molecular weight is 339 g/mol. The third-order valence-electron chi connectivity index (χ3n) is 3.26. The van der Waals surface area contributed by atoms with E-state index in [0.717, 1.165) is 22.1 Å². The molecule has 0 aliphatic carbocycles. The van der Waals surface area contributed by atoms with Gasteiger partial charge in [-0.15, -0.1) is 0 Å². The van der Waals surface area contributed by atoms with Crippen LogP contribution in [0.1, 0.15) is 5.56 Å². The Balaban J connectivity index is 1.97. The minimum atomic E-state index is -4.63. The fourth-order valence-corrected chi connectivity index (χ4v) is 2.48. The van der Waals surface area contributed by atoms with E-state index in [4.69, 9.17) is 14.5 Å². The Bertz CT molecular complexity index is 742. The van der Waals surface area contributed by atoms with Gasteiger partial charge in [-0.3, -0.25) is 9.32 Å². The third kappa shape index (κ3) is 5.33. The molecule has 8 heteroatoms. The van der Waals surface area contributed by atoms with E-state index in [0.29, 0.717) is 13.0 Å². The molecule has 0 radical (unpaired) electrons. The van der Waals surface area contributed by atoms with Crippen LogP contribution in [0, 0.1) is 0 Å². The van der Waals surface area contributed by atoms with Crippen LogP contribution in [0.3, 0.4) is 0 Å². The second-order valence-corrected chi connectivity index (χ2v) is 6.11. The number of phosphoric ester groups is 1. The second-order valence-electron chi connectivity index (χ2n) is 4.87. The highest BCUT2D eigenvalue weighted by Crippen LogP contribution is 2.35. The van der Waals surface area contributed by atoms with E-state index < -0.39 is 20.3 Å². The molecule has 0 fully saturated rings. The van der Waals surface area contributed by atoms with Crippen molar-refractivity contribution in [2.45, 2.75) is 6.42 Å². The van der Waals surface area contributed by atoms with E-state index in [2.05, 4.69) is 9.84 Å². The van der Waals surface area contributed by atoms with E-state index in [9.17, 15) is 9.36 Å². The molecular formula is C15H18NO6P. The SMILES string of the molecule is COc1ccc2cccc(CCNC(=O)COP(=O)(O)O)c2c1. The number of benzene rings is 2. The first-order chi connectivity index (χ1) is 10.9. The Hall–Kier alpha value is -1.92. The topological polar surface area (TPSA) is 105 Å². The highest BCUT2D eigenvalue weighted by molar-refractivity contribution is 7.46. The molecule has 0 saturated carbocycles. The van der Waals surface area contributed by atoms with E-state index >= 15 is 0 Å². The number of hydrogen-bond donors (Lipinski definition) is 3. The molecule has 1 amide bonds. The van der Waals surface area contributed by atoms with Crippen LogP contribution in [0.5, 0.6) is 5.75 Å². The molecule has 124 valence electrons. The van der Waals surface area contributed by atoms with E-state index in [1.807, 2.05) is 36.4 Å². The quantitative estimate of drug-likeness (QED) is 0.662. The number of carbonyl (C=O) groups excluding carboxylic acids is 1. The average Bonchev–Trinajstić information content (AvgIpc) is 2.52. The summed E-state index contributed by atoms with van der Waals surface area (Å²) in [6, 6.07) is 11.7. The smallest absolute Gasteiger partial charge is 0.470 e. The molecule has 0 atom stereocenters. The second kappa shape index (κ2) is 7.57. The van der Waals surface area contributed by atoms with Crippen molar-refractivity contribution in [3.05, 3.63) is 42.0 Å². The van der Waals surface area contributed by atoms with E-state index in [1.54, 1.807) is 7.11 Å². The van der Waals surface area contributed by atoms with Gasteiger partial charge in [-0.2, -0.15) is 0 Å². The van der Waals surface area contributed by atoms with Crippen LogP contribution < -0.4 is 10.1 Å². The van der Waals surface area contributed by atoms with Crippen molar-refractivity contribution in [3.63, 3.8) is 0 Å². The highest BCUT2D eigenvalue weighted by atomic mass is 31.2. The van der Waals surface area contributed by atoms with E-state index in [1.165, 1.54) is 0 Å². The van der Waals surface area contributed by atoms with Gasteiger partial charge in [0.1, 0.15) is 12.4 Å². The van der Waals surface area contributed by atoms with Crippen LogP contribution in [0.4, 0.5) is 0 Å². The first-order valence-electron chi connectivity index (χ1n) is 6.91. The van der Waals surface area contributed by atoms with Gasteiger partial charge in [0.15, 0.2) is 0 Å². The summed E-state index contributed by atoms with van der Waals surface area (Å²) in [5, 5.41) is 4.66. The van der Waals surface area contributed by atoms with Gasteiger partial charge < -0.3 is 19.8 Å². The van der Waals surface area contributed by atoms with Crippen molar-refractivity contribution in [2.24, 2.45) is 0 Å². The lowest BCUT2D eigenvalue weighted by Crippen LogP contribution is -2.29. The van der Waals surface area contributed by atoms with Crippen molar-refractivity contribution >= 4 is 24.5 Å². The molecule has 0 spiro atoms. The van der Waals surface area contributed by atoms with Gasteiger partial charge in [-0.1, -0.05) is 24.3 Å². The fourth-order valence-electron chi connectivity index (χ4n) is 2.19. The van der Waals surface area contributed by atoms with Crippen LogP contribution in [-0.2, 0) is 20.3 Å². The van der Waals surface area contributed by atoms with E-state index in [-0.39, 0.29) is 0 Å². The monoisotopic (exact) mass is 339 g/mol. The van der Waals surface area contributed by atoms with Crippen molar-refractivity contribution in [2.75, 3.05) is 20.3 Å². The Morgan fingerprint density at radius 1 is 1.26 bits per heavy atom. The standard InChI is InChI=1S/C15H18NO6P/c1-21-13-6-5-11-3-2-4-12(14(11)9-13)7-8-16-15(17)10-22-23(18,19)20/h2-6,9H,7-8,10H2,1H3,(H,16,17)(H2,18,19,20). The maximum atomic E-state index is 11.4.